The Balaban J connectivity index is 0.00000162. The topological polar surface area (TPSA) is 32.5 Å². The summed E-state index contributed by atoms with van der Waals surface area (Å²) in [5, 5.41) is 0. The van der Waals surface area contributed by atoms with Crippen LogP contribution in [-0.2, 0) is 13.1 Å². The van der Waals surface area contributed by atoms with Crippen LogP contribution in [0.3, 0.4) is 0 Å². The van der Waals surface area contributed by atoms with Crippen LogP contribution in [0, 0.1) is 0 Å². The molecule has 0 amide bonds. The van der Waals surface area contributed by atoms with Crippen LogP contribution >= 0.6 is 12.4 Å². The second-order valence-electron chi connectivity index (χ2n) is 4.73. The van der Waals surface area contributed by atoms with Crippen LogP contribution in [0.4, 0.5) is 0 Å². The first-order valence-electron chi connectivity index (χ1n) is 6.54. The third-order valence-electron chi connectivity index (χ3n) is 3.58. The minimum atomic E-state index is 0. The number of likely N-dealkylation sites (N-methyl/N-ethyl adjacent to an activating group) is 1. The molecule has 0 bridgehead atoms. The first-order valence-corrected chi connectivity index (χ1v) is 6.54. The van der Waals surface area contributed by atoms with Crippen LogP contribution in [0.15, 0.2) is 24.3 Å². The Morgan fingerprint density at radius 2 is 1.44 bits per heavy atom. The molecule has 1 aromatic rings. The van der Waals surface area contributed by atoms with E-state index < -0.39 is 0 Å². The molecule has 3 nitrogen and oxygen atoms in total. The third kappa shape index (κ3) is 4.25. The van der Waals surface area contributed by atoms with Gasteiger partial charge >= 0.3 is 0 Å². The number of nitrogens with zero attached hydrogens (tertiary/aromatic N) is 2. The van der Waals surface area contributed by atoms with E-state index in [1.807, 2.05) is 0 Å². The van der Waals surface area contributed by atoms with Crippen molar-refractivity contribution in [3.05, 3.63) is 35.4 Å². The lowest BCUT2D eigenvalue weighted by atomic mass is 10.1. The quantitative estimate of drug-likeness (QED) is 0.903. The minimum absolute atomic E-state index is 0. The van der Waals surface area contributed by atoms with Crippen molar-refractivity contribution in [2.45, 2.75) is 20.0 Å². The van der Waals surface area contributed by atoms with Gasteiger partial charge in [-0.25, -0.2) is 0 Å². The molecule has 2 rings (SSSR count). The van der Waals surface area contributed by atoms with Crippen molar-refractivity contribution in [1.29, 1.82) is 0 Å². The second-order valence-corrected chi connectivity index (χ2v) is 4.73. The maximum atomic E-state index is 5.60. The average Bonchev–Trinajstić information content (AvgIpc) is 2.40. The summed E-state index contributed by atoms with van der Waals surface area (Å²) in [4.78, 5) is 5.04. The van der Waals surface area contributed by atoms with E-state index in [-0.39, 0.29) is 12.4 Å². The van der Waals surface area contributed by atoms with Crippen LogP contribution < -0.4 is 5.73 Å². The molecule has 102 valence electrons. The second kappa shape index (κ2) is 7.74. The first-order chi connectivity index (χ1) is 8.31. The van der Waals surface area contributed by atoms with E-state index in [2.05, 4.69) is 41.0 Å². The third-order valence-corrected chi connectivity index (χ3v) is 3.58. The smallest absolute Gasteiger partial charge is 0.0234 e. The zero-order valence-electron chi connectivity index (χ0n) is 11.1. The van der Waals surface area contributed by atoms with Gasteiger partial charge in [0.05, 0.1) is 0 Å². The molecule has 0 atom stereocenters. The lowest BCUT2D eigenvalue weighted by Crippen LogP contribution is -2.45. The number of benzene rings is 1. The lowest BCUT2D eigenvalue weighted by Gasteiger charge is -2.34. The molecular weight excluding hydrogens is 246 g/mol. The van der Waals surface area contributed by atoms with Gasteiger partial charge in [0.2, 0.25) is 0 Å². The highest BCUT2D eigenvalue weighted by Crippen LogP contribution is 2.09. The van der Waals surface area contributed by atoms with E-state index in [0.29, 0.717) is 6.54 Å². The van der Waals surface area contributed by atoms with E-state index >= 15 is 0 Å². The average molecular weight is 270 g/mol. The minimum Gasteiger partial charge on any atom is -0.326 e. The van der Waals surface area contributed by atoms with Crippen molar-refractivity contribution < 1.29 is 0 Å². The van der Waals surface area contributed by atoms with E-state index in [4.69, 9.17) is 5.73 Å². The highest BCUT2D eigenvalue weighted by atomic mass is 35.5. The van der Waals surface area contributed by atoms with Crippen LogP contribution in [0.5, 0.6) is 0 Å². The Morgan fingerprint density at radius 3 is 1.94 bits per heavy atom. The number of rotatable bonds is 4. The van der Waals surface area contributed by atoms with Crippen LogP contribution in [0.25, 0.3) is 0 Å². The first kappa shape index (κ1) is 15.4. The Bertz CT molecular complexity index is 331. The SMILES string of the molecule is CCN1CCN(Cc2ccc(CN)cc2)CC1.Cl. The molecule has 0 aromatic heterocycles. The zero-order chi connectivity index (χ0) is 12.1. The molecular formula is C14H24ClN3. The van der Waals surface area contributed by atoms with Crippen LogP contribution in [-0.4, -0.2) is 42.5 Å². The summed E-state index contributed by atoms with van der Waals surface area (Å²) in [6.07, 6.45) is 0. The van der Waals surface area contributed by atoms with Gasteiger partial charge in [-0.3, -0.25) is 4.90 Å². The molecule has 0 saturated carbocycles. The molecule has 1 aliphatic rings. The molecule has 0 aliphatic carbocycles. The molecule has 2 N–H and O–H groups in total. The van der Waals surface area contributed by atoms with Crippen molar-refractivity contribution in [1.82, 2.24) is 9.80 Å². The van der Waals surface area contributed by atoms with Crippen molar-refractivity contribution >= 4 is 12.4 Å². The predicted octanol–water partition coefficient (Wildman–Crippen LogP) is 1.70. The maximum absolute atomic E-state index is 5.60. The van der Waals surface area contributed by atoms with Gasteiger partial charge in [0.1, 0.15) is 0 Å². The van der Waals surface area contributed by atoms with Gasteiger partial charge in [-0.1, -0.05) is 31.2 Å². The summed E-state index contributed by atoms with van der Waals surface area (Å²) in [5.41, 5.74) is 8.21. The van der Waals surface area contributed by atoms with E-state index in [1.165, 1.54) is 43.9 Å². The Labute approximate surface area is 116 Å². The molecule has 0 radical (unpaired) electrons. The molecule has 1 saturated heterocycles. The highest BCUT2D eigenvalue weighted by Gasteiger charge is 2.15. The van der Waals surface area contributed by atoms with Gasteiger partial charge < -0.3 is 10.6 Å². The molecule has 1 fully saturated rings. The summed E-state index contributed by atoms with van der Waals surface area (Å²) in [6, 6.07) is 8.68. The van der Waals surface area contributed by atoms with Crippen molar-refractivity contribution in [2.75, 3.05) is 32.7 Å². The summed E-state index contributed by atoms with van der Waals surface area (Å²) in [7, 11) is 0. The summed E-state index contributed by atoms with van der Waals surface area (Å²) in [5.74, 6) is 0. The van der Waals surface area contributed by atoms with Gasteiger partial charge in [-0.15, -0.1) is 12.4 Å². The van der Waals surface area contributed by atoms with Gasteiger partial charge in [0.15, 0.2) is 0 Å². The molecule has 0 unspecified atom stereocenters. The van der Waals surface area contributed by atoms with E-state index in [0.717, 1.165) is 6.54 Å². The number of hydrogen-bond donors (Lipinski definition) is 1. The molecule has 4 heteroatoms. The van der Waals surface area contributed by atoms with Crippen LogP contribution in [0.1, 0.15) is 18.1 Å². The zero-order valence-corrected chi connectivity index (χ0v) is 12.0. The van der Waals surface area contributed by atoms with Crippen LogP contribution in [0.2, 0.25) is 0 Å². The summed E-state index contributed by atoms with van der Waals surface area (Å²) >= 11 is 0. The molecule has 1 aliphatic heterocycles. The highest BCUT2D eigenvalue weighted by molar-refractivity contribution is 5.85. The van der Waals surface area contributed by atoms with Crippen molar-refractivity contribution in [3.63, 3.8) is 0 Å². The standard InChI is InChI=1S/C14H23N3.ClH/c1-2-16-7-9-17(10-8-16)12-14-5-3-13(11-15)4-6-14;/h3-6H,2,7-12,15H2,1H3;1H. The predicted molar refractivity (Wildman–Crippen MR) is 79.0 cm³/mol. The Hall–Kier alpha value is -0.610. The summed E-state index contributed by atoms with van der Waals surface area (Å²) in [6.45, 7) is 9.91. The molecule has 1 aromatic carbocycles. The molecule has 18 heavy (non-hydrogen) atoms. The van der Waals surface area contributed by atoms with Gasteiger partial charge in [-0.05, 0) is 17.7 Å². The largest absolute Gasteiger partial charge is 0.326 e. The number of piperazine rings is 1. The van der Waals surface area contributed by atoms with E-state index in [1.54, 1.807) is 0 Å². The van der Waals surface area contributed by atoms with Gasteiger partial charge in [0, 0.05) is 39.3 Å². The fourth-order valence-electron chi connectivity index (χ4n) is 2.30. The van der Waals surface area contributed by atoms with Gasteiger partial charge in [0.25, 0.3) is 0 Å². The lowest BCUT2D eigenvalue weighted by molar-refractivity contribution is 0.132. The normalized spacial score (nSPS) is 17.4. The van der Waals surface area contributed by atoms with E-state index in [9.17, 15) is 0 Å². The number of nitrogens with two attached hydrogens (primary N) is 1. The van der Waals surface area contributed by atoms with Crippen molar-refractivity contribution in [3.8, 4) is 0 Å². The monoisotopic (exact) mass is 269 g/mol. The number of halogens is 1. The summed E-state index contributed by atoms with van der Waals surface area (Å²) < 4.78 is 0. The fourth-order valence-corrected chi connectivity index (χ4v) is 2.30. The fraction of sp³-hybridized carbons (Fsp3) is 0.571. The van der Waals surface area contributed by atoms with Crippen molar-refractivity contribution in [2.24, 2.45) is 5.73 Å². The Kier molecular flexibility index (Phi) is 6.65. The molecule has 0 spiro atoms. The number of hydrogen-bond acceptors (Lipinski definition) is 3. The maximum Gasteiger partial charge on any atom is 0.0234 e. The molecule has 1 heterocycles. The van der Waals surface area contributed by atoms with Gasteiger partial charge in [-0.2, -0.15) is 0 Å². The Morgan fingerprint density at radius 1 is 0.944 bits per heavy atom.